The Morgan fingerprint density at radius 2 is 1.85 bits per heavy atom. The van der Waals surface area contributed by atoms with E-state index in [1.165, 1.54) is 0 Å². The summed E-state index contributed by atoms with van der Waals surface area (Å²) >= 11 is 0. The van der Waals surface area contributed by atoms with Crippen LogP contribution in [0.4, 0.5) is 0 Å². The number of carbonyl (C=O) groups is 1. The van der Waals surface area contributed by atoms with Crippen LogP contribution in [0.1, 0.15) is 21.5 Å². The summed E-state index contributed by atoms with van der Waals surface area (Å²) in [6.07, 6.45) is 1.67. The van der Waals surface area contributed by atoms with Gasteiger partial charge in [-0.1, -0.05) is 30.3 Å². The normalized spacial score (nSPS) is 11.9. The number of amides is 1. The van der Waals surface area contributed by atoms with Gasteiger partial charge in [-0.3, -0.25) is 4.79 Å². The number of hydrogen-bond acceptors (Lipinski definition) is 5. The van der Waals surface area contributed by atoms with E-state index in [9.17, 15) is 4.79 Å². The number of nitrogens with one attached hydrogen (secondary N) is 1. The zero-order valence-electron chi connectivity index (χ0n) is 14.6. The van der Waals surface area contributed by atoms with E-state index in [4.69, 9.17) is 14.2 Å². The maximum Gasteiger partial charge on any atom is 0.251 e. The van der Waals surface area contributed by atoms with Gasteiger partial charge in [-0.25, -0.2) is 4.98 Å². The molecule has 1 aliphatic rings. The van der Waals surface area contributed by atoms with Crippen molar-refractivity contribution in [3.05, 3.63) is 83.6 Å². The second-order valence-electron chi connectivity index (χ2n) is 6.03. The molecule has 0 bridgehead atoms. The molecule has 1 N–H and O–H groups in total. The van der Waals surface area contributed by atoms with Crippen molar-refractivity contribution < 1.29 is 19.0 Å². The fraction of sp³-hybridized carbons (Fsp3) is 0.143. The summed E-state index contributed by atoms with van der Waals surface area (Å²) in [4.78, 5) is 16.6. The highest BCUT2D eigenvalue weighted by atomic mass is 16.7. The number of ether oxygens (including phenoxy) is 3. The van der Waals surface area contributed by atoms with E-state index in [1.807, 2.05) is 42.5 Å². The highest BCUT2D eigenvalue weighted by molar-refractivity contribution is 5.94. The van der Waals surface area contributed by atoms with Crippen LogP contribution in [0.5, 0.6) is 17.4 Å². The number of pyridine rings is 1. The monoisotopic (exact) mass is 362 g/mol. The van der Waals surface area contributed by atoms with Crippen molar-refractivity contribution in [2.45, 2.75) is 13.2 Å². The Hall–Kier alpha value is -3.54. The van der Waals surface area contributed by atoms with Gasteiger partial charge in [-0.2, -0.15) is 0 Å². The molecule has 0 radical (unpaired) electrons. The first-order valence-electron chi connectivity index (χ1n) is 8.57. The lowest BCUT2D eigenvalue weighted by atomic mass is 10.2. The molecule has 2 heterocycles. The average Bonchev–Trinajstić information content (AvgIpc) is 3.19. The molecule has 0 spiro atoms. The van der Waals surface area contributed by atoms with Gasteiger partial charge in [-0.15, -0.1) is 0 Å². The van der Waals surface area contributed by atoms with Crippen molar-refractivity contribution in [2.24, 2.45) is 0 Å². The lowest BCUT2D eigenvalue weighted by Crippen LogP contribution is -2.22. The highest BCUT2D eigenvalue weighted by Crippen LogP contribution is 2.32. The predicted molar refractivity (Wildman–Crippen MR) is 98.7 cm³/mol. The summed E-state index contributed by atoms with van der Waals surface area (Å²) in [5.41, 5.74) is 2.50. The summed E-state index contributed by atoms with van der Waals surface area (Å²) in [6, 6.07) is 18.7. The zero-order chi connectivity index (χ0) is 18.5. The van der Waals surface area contributed by atoms with Gasteiger partial charge in [0.15, 0.2) is 11.5 Å². The van der Waals surface area contributed by atoms with Crippen molar-refractivity contribution in [1.82, 2.24) is 10.3 Å². The SMILES string of the molecule is O=C(NCc1ccnc(OCc2ccccc2)c1)c1ccc2c(c1)OCO2. The molecule has 0 atom stereocenters. The topological polar surface area (TPSA) is 69.7 Å². The van der Waals surface area contributed by atoms with Crippen LogP contribution in [-0.4, -0.2) is 17.7 Å². The maximum absolute atomic E-state index is 12.4. The Bertz CT molecular complexity index is 944. The Labute approximate surface area is 156 Å². The molecule has 1 amide bonds. The van der Waals surface area contributed by atoms with Crippen molar-refractivity contribution in [1.29, 1.82) is 0 Å². The fourth-order valence-corrected chi connectivity index (χ4v) is 2.69. The summed E-state index contributed by atoms with van der Waals surface area (Å²) in [5, 5.41) is 2.89. The number of benzene rings is 2. The van der Waals surface area contributed by atoms with Crippen LogP contribution in [0.25, 0.3) is 0 Å². The zero-order valence-corrected chi connectivity index (χ0v) is 14.6. The second-order valence-corrected chi connectivity index (χ2v) is 6.03. The number of hydrogen-bond donors (Lipinski definition) is 1. The first-order valence-corrected chi connectivity index (χ1v) is 8.57. The Morgan fingerprint density at radius 3 is 2.74 bits per heavy atom. The lowest BCUT2D eigenvalue weighted by molar-refractivity contribution is 0.0950. The van der Waals surface area contributed by atoms with Gasteiger partial charge in [-0.05, 0) is 35.4 Å². The molecule has 0 fully saturated rings. The van der Waals surface area contributed by atoms with Crippen LogP contribution in [0.3, 0.4) is 0 Å². The van der Waals surface area contributed by atoms with Crippen molar-refractivity contribution in [2.75, 3.05) is 6.79 Å². The molecular weight excluding hydrogens is 344 g/mol. The molecule has 0 aliphatic carbocycles. The molecule has 2 aromatic carbocycles. The number of carbonyl (C=O) groups excluding carboxylic acids is 1. The van der Waals surface area contributed by atoms with E-state index < -0.39 is 0 Å². The maximum atomic E-state index is 12.4. The number of fused-ring (bicyclic) bond motifs is 1. The third-order valence-corrected chi connectivity index (χ3v) is 4.12. The van der Waals surface area contributed by atoms with Gasteiger partial charge < -0.3 is 19.5 Å². The molecule has 6 heteroatoms. The smallest absolute Gasteiger partial charge is 0.251 e. The summed E-state index contributed by atoms with van der Waals surface area (Å²) in [5.74, 6) is 1.58. The summed E-state index contributed by atoms with van der Waals surface area (Å²) < 4.78 is 16.3. The van der Waals surface area contributed by atoms with Crippen LogP contribution in [0.2, 0.25) is 0 Å². The molecule has 6 nitrogen and oxygen atoms in total. The van der Waals surface area contributed by atoms with E-state index >= 15 is 0 Å². The van der Waals surface area contributed by atoms with E-state index in [0.29, 0.717) is 36.1 Å². The molecule has 0 saturated carbocycles. The Balaban J connectivity index is 1.35. The summed E-state index contributed by atoms with van der Waals surface area (Å²) in [6.45, 7) is 1.00. The average molecular weight is 362 g/mol. The van der Waals surface area contributed by atoms with Gasteiger partial charge in [0.25, 0.3) is 5.91 Å². The quantitative estimate of drug-likeness (QED) is 0.728. The van der Waals surface area contributed by atoms with E-state index in [1.54, 1.807) is 24.4 Å². The van der Waals surface area contributed by atoms with Crippen molar-refractivity contribution in [3.63, 3.8) is 0 Å². The van der Waals surface area contributed by atoms with Gasteiger partial charge in [0.1, 0.15) is 6.61 Å². The molecule has 1 aliphatic heterocycles. The Morgan fingerprint density at radius 1 is 1.00 bits per heavy atom. The minimum absolute atomic E-state index is 0.183. The molecule has 136 valence electrons. The number of aromatic nitrogens is 1. The first kappa shape index (κ1) is 16.9. The van der Waals surface area contributed by atoms with Crippen molar-refractivity contribution >= 4 is 5.91 Å². The van der Waals surface area contributed by atoms with Crippen LogP contribution >= 0.6 is 0 Å². The molecule has 3 aromatic rings. The lowest BCUT2D eigenvalue weighted by Gasteiger charge is -2.09. The van der Waals surface area contributed by atoms with Crippen LogP contribution < -0.4 is 19.5 Å². The first-order chi connectivity index (χ1) is 13.3. The third kappa shape index (κ3) is 4.17. The standard InChI is InChI=1S/C21H18N2O4/c24-21(17-6-7-18-19(11-17)27-14-26-18)23-12-16-8-9-22-20(10-16)25-13-15-4-2-1-3-5-15/h1-11H,12-14H2,(H,23,24). The molecule has 0 unspecified atom stereocenters. The van der Waals surface area contributed by atoms with Gasteiger partial charge in [0.2, 0.25) is 12.7 Å². The highest BCUT2D eigenvalue weighted by Gasteiger charge is 2.16. The van der Waals surface area contributed by atoms with Crippen molar-refractivity contribution in [3.8, 4) is 17.4 Å². The van der Waals surface area contributed by atoms with E-state index in [0.717, 1.165) is 11.1 Å². The van der Waals surface area contributed by atoms with Crippen LogP contribution in [0.15, 0.2) is 66.9 Å². The largest absolute Gasteiger partial charge is 0.473 e. The molecule has 4 rings (SSSR count). The van der Waals surface area contributed by atoms with Gasteiger partial charge in [0, 0.05) is 24.4 Å². The van der Waals surface area contributed by atoms with Crippen LogP contribution in [-0.2, 0) is 13.2 Å². The fourth-order valence-electron chi connectivity index (χ4n) is 2.69. The number of rotatable bonds is 6. The molecule has 0 saturated heterocycles. The van der Waals surface area contributed by atoms with E-state index in [-0.39, 0.29) is 12.7 Å². The Kier molecular flexibility index (Phi) is 4.87. The molecule has 27 heavy (non-hydrogen) atoms. The third-order valence-electron chi connectivity index (χ3n) is 4.12. The van der Waals surface area contributed by atoms with Crippen LogP contribution in [0, 0.1) is 0 Å². The second kappa shape index (κ2) is 7.78. The molecule has 1 aromatic heterocycles. The minimum atomic E-state index is -0.183. The van der Waals surface area contributed by atoms with Gasteiger partial charge in [0.05, 0.1) is 0 Å². The summed E-state index contributed by atoms with van der Waals surface area (Å²) in [7, 11) is 0. The number of nitrogens with zero attached hydrogens (tertiary/aromatic N) is 1. The van der Waals surface area contributed by atoms with E-state index in [2.05, 4.69) is 10.3 Å². The predicted octanol–water partition coefficient (Wildman–Crippen LogP) is 3.32. The minimum Gasteiger partial charge on any atom is -0.473 e. The van der Waals surface area contributed by atoms with Gasteiger partial charge >= 0.3 is 0 Å². The molecular formula is C21H18N2O4.